The number of unbranched alkanes of at least 4 members (excludes halogenated alkanes) is 18. The maximum absolute atomic E-state index is 14.2. The number of benzene rings is 2. The molecule has 1 aliphatic heterocycles. The number of rotatable bonds is 41. The van der Waals surface area contributed by atoms with Crippen LogP contribution in [0.4, 0.5) is 5.69 Å². The number of nitrogens with zero attached hydrogens (tertiary/aromatic N) is 5. The number of anilines is 1. The number of aliphatic hydroxyl groups excluding tert-OH is 1. The van der Waals surface area contributed by atoms with Crippen molar-refractivity contribution in [2.75, 3.05) is 57.7 Å². The first-order valence-corrected chi connectivity index (χ1v) is 29.8. The van der Waals surface area contributed by atoms with Crippen LogP contribution >= 0.6 is 0 Å². The summed E-state index contributed by atoms with van der Waals surface area (Å²) in [7, 11) is 0. The number of allylic oxidation sites excluding steroid dienone is 1. The second-order valence-corrected chi connectivity index (χ2v) is 21.6. The van der Waals surface area contributed by atoms with Gasteiger partial charge in [0.1, 0.15) is 11.5 Å². The second kappa shape index (κ2) is 38.7. The number of aliphatic carboxylic acids is 2. The predicted octanol–water partition coefficient (Wildman–Crippen LogP) is 7.89. The van der Waals surface area contributed by atoms with E-state index in [4.69, 9.17) is 4.74 Å². The maximum atomic E-state index is 14.2. The fourth-order valence-corrected chi connectivity index (χ4v) is 10.9. The first kappa shape index (κ1) is 69.4. The van der Waals surface area contributed by atoms with Crippen LogP contribution in [-0.4, -0.2) is 106 Å². The van der Waals surface area contributed by atoms with E-state index in [-0.39, 0.29) is 80.2 Å². The van der Waals surface area contributed by atoms with E-state index in [1.807, 2.05) is 36.4 Å². The summed E-state index contributed by atoms with van der Waals surface area (Å²) in [6.07, 6.45) is 28.3. The van der Waals surface area contributed by atoms with Crippen LogP contribution in [0.15, 0.2) is 108 Å². The molecule has 17 heteroatoms. The molecule has 2 N–H and O–H groups in total. The van der Waals surface area contributed by atoms with Crippen LogP contribution in [0.1, 0.15) is 181 Å². The van der Waals surface area contributed by atoms with Gasteiger partial charge >= 0.3 is 39.0 Å². The number of aliphatic hydroxyl groups is 1. The van der Waals surface area contributed by atoms with E-state index in [9.17, 15) is 39.9 Å². The Hall–Kier alpha value is -5.14. The van der Waals surface area contributed by atoms with Crippen molar-refractivity contribution in [2.45, 2.75) is 168 Å². The van der Waals surface area contributed by atoms with Crippen LogP contribution in [0.25, 0.3) is 5.57 Å². The van der Waals surface area contributed by atoms with Gasteiger partial charge < -0.3 is 50.0 Å². The molecular weight excluding hydrogens is 1140 g/mol. The van der Waals surface area contributed by atoms with Crippen LogP contribution in [0.3, 0.4) is 0 Å². The Labute approximate surface area is 513 Å². The molecule has 0 saturated carbocycles. The van der Waals surface area contributed by atoms with Gasteiger partial charge in [0.05, 0.1) is 29.7 Å². The summed E-state index contributed by atoms with van der Waals surface area (Å²) in [5.74, 6) is -4.18. The van der Waals surface area contributed by atoms with Crippen LogP contribution in [-0.2, 0) is 68.1 Å². The van der Waals surface area contributed by atoms with Gasteiger partial charge in [0.2, 0.25) is 0 Å². The summed E-state index contributed by atoms with van der Waals surface area (Å²) in [6, 6.07) is 19.6. The average molecular weight is 1230 g/mol. The molecule has 2 aromatic heterocycles. The third-order valence-corrected chi connectivity index (χ3v) is 15.2. The van der Waals surface area contributed by atoms with E-state index in [1.165, 1.54) is 76.3 Å². The Kier molecular flexibility index (Phi) is 32.7. The van der Waals surface area contributed by atoms with Gasteiger partial charge in [-0.05, 0) is 67.9 Å². The van der Waals surface area contributed by atoms with E-state index >= 15 is 0 Å². The minimum absolute atomic E-state index is 0. The molecule has 2 aromatic carbocycles. The molecular formula is C65H86N6O9Zn2. The fourth-order valence-electron chi connectivity index (χ4n) is 10.9. The number of fused-ring (bicyclic) bond motifs is 2. The van der Waals surface area contributed by atoms with Crippen LogP contribution in [0.5, 0.6) is 11.5 Å². The zero-order valence-corrected chi connectivity index (χ0v) is 55.0. The largest absolute Gasteiger partial charge is 2.00 e. The van der Waals surface area contributed by atoms with Crippen molar-refractivity contribution in [1.29, 1.82) is 0 Å². The van der Waals surface area contributed by atoms with Crippen LogP contribution in [0, 0.1) is 0 Å². The smallest absolute Gasteiger partial charge is 0.872 e. The first-order valence-electron chi connectivity index (χ1n) is 29.8. The van der Waals surface area contributed by atoms with Crippen molar-refractivity contribution in [3.63, 3.8) is 0 Å². The molecule has 0 fully saturated rings. The molecule has 2 aliphatic rings. The molecule has 4 aromatic rings. The van der Waals surface area contributed by atoms with Crippen molar-refractivity contribution < 1.29 is 83.6 Å². The quantitative estimate of drug-likeness (QED) is 0.0319. The number of nitrogens with one attached hydrogen (secondary N) is 1. The van der Waals surface area contributed by atoms with Crippen LogP contribution < -0.4 is 30.5 Å². The third-order valence-electron chi connectivity index (χ3n) is 15.2. The monoisotopic (exact) mass is 1220 g/mol. The molecule has 1 unspecified atom stereocenters. The molecule has 0 amide bonds. The molecule has 1 atom stereocenters. The number of hydrogen-bond acceptors (Lipinski definition) is 15. The van der Waals surface area contributed by atoms with E-state index in [0.717, 1.165) is 69.2 Å². The summed E-state index contributed by atoms with van der Waals surface area (Å²) in [6.45, 7) is 6.55. The van der Waals surface area contributed by atoms with Gasteiger partial charge in [0.25, 0.3) is 0 Å². The molecule has 434 valence electrons. The van der Waals surface area contributed by atoms with Gasteiger partial charge in [-0.15, -0.1) is 5.75 Å². The molecule has 0 bridgehead atoms. The first-order chi connectivity index (χ1) is 38.9. The molecule has 15 nitrogen and oxygen atoms in total. The number of carbonyl (C=O) groups excluding carboxylic acids is 3. The number of hydrogen-bond donors (Lipinski definition) is 2. The van der Waals surface area contributed by atoms with Crippen LogP contribution in [0.2, 0.25) is 0 Å². The molecule has 1 aliphatic carbocycles. The zero-order chi connectivity index (χ0) is 56.9. The number of carboxylic acid groups (broad SMARTS) is 3. The Morgan fingerprint density at radius 2 is 1.16 bits per heavy atom. The number of ether oxygens (including phenoxy) is 1. The summed E-state index contributed by atoms with van der Waals surface area (Å²) in [5.41, 5.74) is 4.28. The number of aromatic carboxylic acids is 1. The number of aromatic nitrogens is 2. The maximum Gasteiger partial charge on any atom is 2.00 e. The normalized spacial score (nSPS) is 13.7. The SMILES string of the molecule is CCCCCCCCCCCCN(CC(=O)[O-])CC1=C2Oc3c(ccc([O-])c3CN(CCCCCCCCCCCC)CC(=O)[O-])C(c3cc(NCCN(CCc4ccccn4)Cc4ccccn4)ccc3C(=O)[O-])=C2C=CC1O.[Zn+2].[Zn+2]. The van der Waals surface area contributed by atoms with Gasteiger partial charge in [-0.2, -0.15) is 0 Å². The van der Waals surface area contributed by atoms with Crippen molar-refractivity contribution >= 4 is 29.2 Å². The standard InChI is InChI=1S/C65H90N6O9.2Zn/c1-3-5-7-9-11-13-15-17-19-25-39-70(47-60(74)75)45-56-58(72)33-31-53-62(54-32-34-59(73)57(64(54)80-63(53)56)46-71(48-61(76)77)40-26-20-18-16-14-12-10-8-6-4-2)55-43-50(29-30-52(55)65(78)79)68-38-42-69(44-51-28-22-24-37-67-51)41-35-49-27-21-23-36-66-49;;/h21-24,27-34,36-37,43,58,68,72-73H,3-20,25-26,35,38-42,44-48H2,1-2H3,(H,74,75)(H,76,77)(H,78,79);;/q;2*+2/p-4. The summed E-state index contributed by atoms with van der Waals surface area (Å²) in [4.78, 5) is 52.6. The topological polar surface area (TPSA) is 220 Å². The molecule has 0 spiro atoms. The predicted molar refractivity (Wildman–Crippen MR) is 307 cm³/mol. The van der Waals surface area contributed by atoms with Gasteiger partial charge in [-0.25, -0.2) is 0 Å². The zero-order valence-electron chi connectivity index (χ0n) is 49.0. The van der Waals surface area contributed by atoms with Gasteiger partial charge in [-0.3, -0.25) is 24.7 Å². The molecule has 6 rings (SSSR count). The third kappa shape index (κ3) is 23.1. The van der Waals surface area contributed by atoms with Crippen molar-refractivity contribution in [3.05, 3.63) is 142 Å². The minimum Gasteiger partial charge on any atom is -0.872 e. The van der Waals surface area contributed by atoms with E-state index in [2.05, 4.69) is 34.0 Å². The number of carbonyl (C=O) groups is 3. The van der Waals surface area contributed by atoms with E-state index in [1.54, 1.807) is 52.5 Å². The van der Waals surface area contributed by atoms with Gasteiger partial charge in [0, 0.05) is 116 Å². The van der Waals surface area contributed by atoms with Crippen molar-refractivity contribution in [2.24, 2.45) is 0 Å². The van der Waals surface area contributed by atoms with Gasteiger partial charge in [-0.1, -0.05) is 172 Å². The molecule has 82 heavy (non-hydrogen) atoms. The second-order valence-electron chi connectivity index (χ2n) is 21.6. The van der Waals surface area contributed by atoms with Crippen molar-refractivity contribution in [1.82, 2.24) is 24.7 Å². The molecule has 0 saturated heterocycles. The number of pyridine rings is 2. The average Bonchev–Trinajstić information content (AvgIpc) is 3.36. The summed E-state index contributed by atoms with van der Waals surface area (Å²) < 4.78 is 6.87. The molecule has 3 heterocycles. The fraction of sp³-hybridized carbons (Fsp3) is 0.523. The Morgan fingerprint density at radius 3 is 1.70 bits per heavy atom. The van der Waals surface area contributed by atoms with Gasteiger partial charge in [0.15, 0.2) is 0 Å². The van der Waals surface area contributed by atoms with Crippen molar-refractivity contribution in [3.8, 4) is 11.5 Å². The Balaban J connectivity index is 0.00000722. The summed E-state index contributed by atoms with van der Waals surface area (Å²) >= 11 is 0. The minimum atomic E-state index is -1.44. The number of carboxylic acids is 3. The molecule has 0 radical (unpaired) electrons. The van der Waals surface area contributed by atoms with E-state index in [0.29, 0.717) is 80.1 Å². The Bertz CT molecular complexity index is 2650. The summed E-state index contributed by atoms with van der Waals surface area (Å²) in [5, 5.41) is 67.5. The van der Waals surface area contributed by atoms with E-state index < -0.39 is 42.9 Å². The Morgan fingerprint density at radius 1 is 0.610 bits per heavy atom.